The van der Waals surface area contributed by atoms with Crippen molar-refractivity contribution in [2.45, 2.75) is 19.3 Å². The molecule has 50 valence electrons. The quantitative estimate of drug-likeness (QED) is 0.311. The van der Waals surface area contributed by atoms with E-state index in [2.05, 4.69) is 6.58 Å². The van der Waals surface area contributed by atoms with Crippen molar-refractivity contribution in [3.63, 3.8) is 0 Å². The zero-order chi connectivity index (χ0) is 6.95. The van der Waals surface area contributed by atoms with Gasteiger partial charge in [-0.25, -0.2) is 0 Å². The Labute approximate surface area is 56.1 Å². The summed E-state index contributed by atoms with van der Waals surface area (Å²) in [5.74, 6) is 0. The summed E-state index contributed by atoms with van der Waals surface area (Å²) in [5, 5.41) is 0. The second-order valence-corrected chi connectivity index (χ2v) is 1.76. The summed E-state index contributed by atoms with van der Waals surface area (Å²) in [7, 11) is 0. The lowest BCUT2D eigenvalue weighted by Gasteiger charge is -1.83. The maximum Gasteiger partial charge on any atom is 0.120 e. The molecule has 0 saturated carbocycles. The molecule has 0 fully saturated rings. The van der Waals surface area contributed by atoms with Crippen LogP contribution in [-0.2, 0) is 4.79 Å². The number of aldehydes is 1. The Morgan fingerprint density at radius 3 is 2.67 bits per heavy atom. The van der Waals surface area contributed by atoms with Crippen molar-refractivity contribution in [2.24, 2.45) is 0 Å². The molecule has 0 bridgehead atoms. The van der Waals surface area contributed by atoms with Crippen molar-refractivity contribution in [1.29, 1.82) is 0 Å². The highest BCUT2D eigenvalue weighted by Crippen LogP contribution is 1.93. The van der Waals surface area contributed by atoms with Crippen molar-refractivity contribution < 1.29 is 4.79 Å². The Kier molecular flexibility index (Phi) is 6.47. The first-order valence-electron chi connectivity index (χ1n) is 3.13. The molecule has 0 aromatic rings. The highest BCUT2D eigenvalue weighted by Gasteiger charge is 1.78. The van der Waals surface area contributed by atoms with E-state index in [-0.39, 0.29) is 0 Å². The van der Waals surface area contributed by atoms with Gasteiger partial charge in [-0.2, -0.15) is 0 Å². The summed E-state index contributed by atoms with van der Waals surface area (Å²) < 4.78 is 0. The fraction of sp³-hybridized carbons (Fsp3) is 0.375. The van der Waals surface area contributed by atoms with Crippen LogP contribution in [0.5, 0.6) is 0 Å². The lowest BCUT2D eigenvalue weighted by Crippen LogP contribution is -1.72. The molecule has 0 amide bonds. The van der Waals surface area contributed by atoms with Gasteiger partial charge in [-0.1, -0.05) is 24.8 Å². The van der Waals surface area contributed by atoms with Crippen molar-refractivity contribution >= 4 is 6.29 Å². The van der Waals surface area contributed by atoms with E-state index in [1.54, 1.807) is 6.08 Å². The molecule has 0 atom stereocenters. The van der Waals surface area contributed by atoms with E-state index in [1.807, 2.05) is 12.2 Å². The molecule has 9 heavy (non-hydrogen) atoms. The topological polar surface area (TPSA) is 17.1 Å². The van der Waals surface area contributed by atoms with Gasteiger partial charge >= 0.3 is 0 Å². The van der Waals surface area contributed by atoms with Crippen molar-refractivity contribution in [1.82, 2.24) is 0 Å². The molecule has 0 aromatic carbocycles. The smallest absolute Gasteiger partial charge is 0.120 e. The first kappa shape index (κ1) is 8.15. The molecule has 0 aromatic heterocycles. The molecule has 0 radical (unpaired) electrons. The molecule has 0 saturated heterocycles. The van der Waals surface area contributed by atoms with Gasteiger partial charge in [-0.3, -0.25) is 0 Å². The highest BCUT2D eigenvalue weighted by atomic mass is 16.1. The van der Waals surface area contributed by atoms with Crippen LogP contribution in [0.25, 0.3) is 0 Å². The summed E-state index contributed by atoms with van der Waals surface area (Å²) in [4.78, 5) is 9.79. The third-order valence-corrected chi connectivity index (χ3v) is 0.965. The minimum Gasteiger partial charge on any atom is -0.303 e. The monoisotopic (exact) mass is 124 g/mol. The summed E-state index contributed by atoms with van der Waals surface area (Å²) in [6, 6.07) is 0. The number of unbranched alkanes of at least 4 members (excludes halogenated alkanes) is 2. The van der Waals surface area contributed by atoms with Crippen LogP contribution in [0.2, 0.25) is 0 Å². The van der Waals surface area contributed by atoms with Gasteiger partial charge < -0.3 is 4.79 Å². The van der Waals surface area contributed by atoms with Crippen LogP contribution in [0.15, 0.2) is 24.8 Å². The molecule has 0 spiro atoms. The second kappa shape index (κ2) is 7.15. The number of carbonyl (C=O) groups excluding carboxylic acids is 1. The zero-order valence-electron chi connectivity index (χ0n) is 5.55. The van der Waals surface area contributed by atoms with E-state index in [9.17, 15) is 4.79 Å². The number of hydrogen-bond acceptors (Lipinski definition) is 1. The van der Waals surface area contributed by atoms with E-state index >= 15 is 0 Å². The maximum absolute atomic E-state index is 9.79. The fourth-order valence-electron chi connectivity index (χ4n) is 0.511. The van der Waals surface area contributed by atoms with Gasteiger partial charge in [0.1, 0.15) is 6.29 Å². The van der Waals surface area contributed by atoms with Gasteiger partial charge in [-0.15, -0.1) is 0 Å². The Balaban J connectivity index is 2.98. The lowest BCUT2D eigenvalue weighted by atomic mass is 10.2. The first-order valence-corrected chi connectivity index (χ1v) is 3.13. The molecule has 0 aliphatic heterocycles. The second-order valence-electron chi connectivity index (χ2n) is 1.76. The number of hydrogen-bond donors (Lipinski definition) is 0. The van der Waals surface area contributed by atoms with Crippen LogP contribution in [-0.4, -0.2) is 6.29 Å². The maximum atomic E-state index is 9.79. The summed E-state index contributed by atoms with van der Waals surface area (Å²) >= 11 is 0. The van der Waals surface area contributed by atoms with E-state index in [0.29, 0.717) is 6.42 Å². The Morgan fingerprint density at radius 2 is 2.11 bits per heavy atom. The number of carbonyl (C=O) groups is 1. The Bertz CT molecular complexity index is 103. The summed E-state index contributed by atoms with van der Waals surface area (Å²) in [6.07, 6.45) is 9.18. The van der Waals surface area contributed by atoms with Gasteiger partial charge in [0, 0.05) is 6.42 Å². The minimum absolute atomic E-state index is 0.668. The average molecular weight is 124 g/mol. The van der Waals surface area contributed by atoms with Gasteiger partial charge in [0.25, 0.3) is 0 Å². The van der Waals surface area contributed by atoms with Crippen molar-refractivity contribution in [3.8, 4) is 0 Å². The van der Waals surface area contributed by atoms with E-state index < -0.39 is 0 Å². The summed E-state index contributed by atoms with van der Waals surface area (Å²) in [6.45, 7) is 3.52. The lowest BCUT2D eigenvalue weighted by molar-refractivity contribution is -0.107. The third-order valence-electron chi connectivity index (χ3n) is 0.965. The molecular formula is C8H12O. The van der Waals surface area contributed by atoms with Crippen LogP contribution < -0.4 is 0 Å². The third kappa shape index (κ3) is 7.15. The van der Waals surface area contributed by atoms with Crippen molar-refractivity contribution in [2.75, 3.05) is 0 Å². The molecule has 0 heterocycles. The molecule has 1 nitrogen and oxygen atoms in total. The van der Waals surface area contributed by atoms with Crippen LogP contribution in [0.3, 0.4) is 0 Å². The van der Waals surface area contributed by atoms with Gasteiger partial charge in [-0.05, 0) is 12.8 Å². The Morgan fingerprint density at radius 1 is 1.33 bits per heavy atom. The van der Waals surface area contributed by atoms with E-state index in [0.717, 1.165) is 19.1 Å². The van der Waals surface area contributed by atoms with Crippen molar-refractivity contribution in [3.05, 3.63) is 24.8 Å². The average Bonchev–Trinajstić information content (AvgIpc) is 1.89. The zero-order valence-corrected chi connectivity index (χ0v) is 5.55. The molecule has 0 unspecified atom stereocenters. The Hall–Kier alpha value is -0.850. The standard InChI is InChI=1S/C8H12O/c1-2-3-4-5-6-7-8-9/h2-4,8H,1,5-7H2/b4-3+. The summed E-state index contributed by atoms with van der Waals surface area (Å²) in [5.41, 5.74) is 0. The van der Waals surface area contributed by atoms with Gasteiger partial charge in [0.2, 0.25) is 0 Å². The van der Waals surface area contributed by atoms with E-state index in [4.69, 9.17) is 0 Å². The fourth-order valence-corrected chi connectivity index (χ4v) is 0.511. The van der Waals surface area contributed by atoms with Crippen LogP contribution >= 0.6 is 0 Å². The molecule has 0 aliphatic rings. The largest absolute Gasteiger partial charge is 0.303 e. The molecule has 0 rings (SSSR count). The SMILES string of the molecule is C=C/C=C/CCCC=O. The van der Waals surface area contributed by atoms with Gasteiger partial charge in [0.05, 0.1) is 0 Å². The molecular weight excluding hydrogens is 112 g/mol. The van der Waals surface area contributed by atoms with Crippen LogP contribution in [0.1, 0.15) is 19.3 Å². The van der Waals surface area contributed by atoms with E-state index in [1.165, 1.54) is 0 Å². The van der Waals surface area contributed by atoms with Gasteiger partial charge in [0.15, 0.2) is 0 Å². The highest BCUT2D eigenvalue weighted by molar-refractivity contribution is 5.49. The number of allylic oxidation sites excluding steroid dienone is 3. The molecule has 1 heteroatoms. The predicted octanol–water partition coefficient (Wildman–Crippen LogP) is 2.10. The normalized spacial score (nSPS) is 9.78. The van der Waals surface area contributed by atoms with Crippen LogP contribution in [0, 0.1) is 0 Å². The number of rotatable bonds is 5. The molecule has 0 N–H and O–H groups in total. The minimum atomic E-state index is 0.668. The predicted molar refractivity (Wildman–Crippen MR) is 39.3 cm³/mol. The van der Waals surface area contributed by atoms with Crippen LogP contribution in [0.4, 0.5) is 0 Å². The molecule has 0 aliphatic carbocycles. The first-order chi connectivity index (χ1) is 4.41.